The molecule has 9 heteroatoms. The molecule has 0 spiro atoms. The Bertz CT molecular complexity index is 998. The summed E-state index contributed by atoms with van der Waals surface area (Å²) in [5, 5.41) is 0. The SMILES string of the molecule is CCCC/C=C\C/C=C\CCCCCCCC(=O)OC(COCCCCCCCCCCCCCCCCCCCCCCCCC)COP(=O)([O-])OCC[N+](C)(C)C. The van der Waals surface area contributed by atoms with Crippen molar-refractivity contribution in [1.82, 2.24) is 0 Å². The van der Waals surface area contributed by atoms with Crippen LogP contribution in [0, 0.1) is 0 Å². The number of likely N-dealkylation sites (N-methyl/N-ethyl adjacent to an activating group) is 1. The van der Waals surface area contributed by atoms with Gasteiger partial charge < -0.3 is 27.9 Å². The van der Waals surface area contributed by atoms with Gasteiger partial charge in [0.1, 0.15) is 19.3 Å². The van der Waals surface area contributed by atoms with Crippen LogP contribution in [0.1, 0.15) is 232 Å². The van der Waals surface area contributed by atoms with Gasteiger partial charge >= 0.3 is 5.97 Å². The molecule has 0 radical (unpaired) electrons. The number of allylic oxidation sites excluding steroid dienone is 4. The van der Waals surface area contributed by atoms with Crippen LogP contribution in [0.25, 0.3) is 0 Å². The standard InChI is InChI=1S/C50H98NO7P/c1-6-8-10-12-14-16-18-20-22-23-24-25-26-27-28-29-30-32-34-36-38-40-42-45-55-47-49(48-57-59(53,54)56-46-44-51(3,4)5)58-50(52)43-41-39-37-35-33-31-21-19-17-15-13-11-9-7-2/h13,15,19,21,49H,6-12,14,16-18,20,22-48H2,1-5H3/b15-13-,21-19-. The zero-order chi connectivity index (χ0) is 43.4. The summed E-state index contributed by atoms with van der Waals surface area (Å²) in [6, 6.07) is 0. The Hall–Kier alpha value is -1.02. The molecule has 0 N–H and O–H groups in total. The van der Waals surface area contributed by atoms with Gasteiger partial charge in [0.05, 0.1) is 34.4 Å². The molecule has 2 unspecified atom stereocenters. The highest BCUT2D eigenvalue weighted by Gasteiger charge is 2.20. The maximum atomic E-state index is 12.7. The molecule has 0 aromatic carbocycles. The minimum atomic E-state index is -4.53. The molecular formula is C50H98NO7P. The molecule has 0 heterocycles. The number of quaternary nitrogens is 1. The summed E-state index contributed by atoms with van der Waals surface area (Å²) >= 11 is 0. The van der Waals surface area contributed by atoms with Crippen molar-refractivity contribution < 1.29 is 37.3 Å². The van der Waals surface area contributed by atoms with Gasteiger partial charge in [-0.1, -0.05) is 212 Å². The normalized spacial score (nSPS) is 13.8. The van der Waals surface area contributed by atoms with Crippen molar-refractivity contribution in [2.24, 2.45) is 0 Å². The molecule has 0 fully saturated rings. The van der Waals surface area contributed by atoms with Crippen LogP contribution < -0.4 is 4.89 Å². The molecule has 0 rings (SSSR count). The number of nitrogens with zero attached hydrogens (tertiary/aromatic N) is 1. The second-order valence-electron chi connectivity index (χ2n) is 18.2. The van der Waals surface area contributed by atoms with Gasteiger partial charge in [-0.25, -0.2) is 0 Å². The quantitative estimate of drug-likeness (QED) is 0.0198. The summed E-state index contributed by atoms with van der Waals surface area (Å²) in [7, 11) is 1.36. The first-order valence-corrected chi connectivity index (χ1v) is 26.5. The average molecular weight is 856 g/mol. The molecule has 0 aromatic rings. The highest BCUT2D eigenvalue weighted by molar-refractivity contribution is 7.45. The van der Waals surface area contributed by atoms with E-state index in [1.54, 1.807) is 0 Å². The highest BCUT2D eigenvalue weighted by Crippen LogP contribution is 2.38. The van der Waals surface area contributed by atoms with E-state index in [1.807, 2.05) is 21.1 Å². The van der Waals surface area contributed by atoms with Crippen LogP contribution in [-0.4, -0.2) is 70.7 Å². The van der Waals surface area contributed by atoms with E-state index in [0.29, 0.717) is 24.1 Å². The van der Waals surface area contributed by atoms with E-state index in [0.717, 1.165) is 57.8 Å². The van der Waals surface area contributed by atoms with Crippen LogP contribution in [0.5, 0.6) is 0 Å². The van der Waals surface area contributed by atoms with E-state index >= 15 is 0 Å². The maximum absolute atomic E-state index is 12.7. The molecule has 2 atom stereocenters. The van der Waals surface area contributed by atoms with Gasteiger partial charge in [-0.2, -0.15) is 0 Å². The maximum Gasteiger partial charge on any atom is 0.306 e. The highest BCUT2D eigenvalue weighted by atomic mass is 31.2. The van der Waals surface area contributed by atoms with Crippen molar-refractivity contribution in [2.45, 2.75) is 238 Å². The van der Waals surface area contributed by atoms with E-state index in [9.17, 15) is 14.3 Å². The number of hydrogen-bond acceptors (Lipinski definition) is 7. The number of carbonyl (C=O) groups is 1. The van der Waals surface area contributed by atoms with E-state index in [2.05, 4.69) is 38.2 Å². The summed E-state index contributed by atoms with van der Waals surface area (Å²) in [5.74, 6) is -0.344. The van der Waals surface area contributed by atoms with Crippen molar-refractivity contribution >= 4 is 13.8 Å². The van der Waals surface area contributed by atoms with Crippen molar-refractivity contribution in [3.63, 3.8) is 0 Å². The third-order valence-corrected chi connectivity index (χ3v) is 12.0. The Morgan fingerprint density at radius 2 is 0.949 bits per heavy atom. The average Bonchev–Trinajstić information content (AvgIpc) is 3.19. The van der Waals surface area contributed by atoms with Crippen LogP contribution in [-0.2, 0) is 27.9 Å². The lowest BCUT2D eigenvalue weighted by atomic mass is 10.0. The predicted octanol–water partition coefficient (Wildman–Crippen LogP) is 14.5. The third-order valence-electron chi connectivity index (χ3n) is 11.0. The Morgan fingerprint density at radius 1 is 0.525 bits per heavy atom. The monoisotopic (exact) mass is 856 g/mol. The fourth-order valence-electron chi connectivity index (χ4n) is 7.09. The molecule has 59 heavy (non-hydrogen) atoms. The third kappa shape index (κ3) is 47.9. The lowest BCUT2D eigenvalue weighted by molar-refractivity contribution is -0.870. The smallest absolute Gasteiger partial charge is 0.306 e. The van der Waals surface area contributed by atoms with Gasteiger partial charge in [0, 0.05) is 13.0 Å². The number of unbranched alkanes of at least 4 members (excludes halogenated alkanes) is 29. The van der Waals surface area contributed by atoms with Gasteiger partial charge in [-0.05, 0) is 38.5 Å². The first-order chi connectivity index (χ1) is 28.6. The molecule has 0 aliphatic rings. The number of esters is 1. The largest absolute Gasteiger partial charge is 0.756 e. The molecule has 350 valence electrons. The second-order valence-corrected chi connectivity index (χ2v) is 19.6. The van der Waals surface area contributed by atoms with E-state index < -0.39 is 13.9 Å². The van der Waals surface area contributed by atoms with Gasteiger partial charge in [-0.3, -0.25) is 9.36 Å². The van der Waals surface area contributed by atoms with Crippen LogP contribution in [0.4, 0.5) is 0 Å². The molecule has 0 bridgehead atoms. The lowest BCUT2D eigenvalue weighted by Crippen LogP contribution is -2.37. The molecule has 0 amide bonds. The number of carbonyl (C=O) groups excluding carboxylic acids is 1. The van der Waals surface area contributed by atoms with Crippen LogP contribution in [0.15, 0.2) is 24.3 Å². The Labute approximate surface area is 366 Å². The molecule has 8 nitrogen and oxygen atoms in total. The number of phosphoric ester groups is 1. The number of phosphoric acid groups is 1. The number of ether oxygens (including phenoxy) is 2. The van der Waals surface area contributed by atoms with Crippen molar-refractivity contribution in [1.29, 1.82) is 0 Å². The summed E-state index contributed by atoms with van der Waals surface area (Å²) in [5.41, 5.74) is 0. The minimum Gasteiger partial charge on any atom is -0.756 e. The Balaban J connectivity index is 4.07. The topological polar surface area (TPSA) is 94.1 Å². The summed E-state index contributed by atoms with van der Waals surface area (Å²) < 4.78 is 34.7. The molecular weight excluding hydrogens is 758 g/mol. The fourth-order valence-corrected chi connectivity index (χ4v) is 7.82. The number of hydrogen-bond donors (Lipinski definition) is 0. The van der Waals surface area contributed by atoms with Crippen molar-refractivity contribution in [2.75, 3.05) is 54.1 Å². The van der Waals surface area contributed by atoms with E-state index in [1.165, 1.54) is 154 Å². The second kappa shape index (κ2) is 43.6. The molecule has 0 saturated heterocycles. The first-order valence-electron chi connectivity index (χ1n) is 25.1. The Kier molecular flexibility index (Phi) is 42.9. The molecule has 0 saturated carbocycles. The van der Waals surface area contributed by atoms with Gasteiger partial charge in [0.2, 0.25) is 0 Å². The van der Waals surface area contributed by atoms with Gasteiger partial charge in [-0.15, -0.1) is 0 Å². The molecule has 0 aliphatic heterocycles. The summed E-state index contributed by atoms with van der Waals surface area (Å²) in [6.45, 7) is 5.40. The molecule has 0 aromatic heterocycles. The Morgan fingerprint density at radius 3 is 1.42 bits per heavy atom. The zero-order valence-corrected chi connectivity index (χ0v) is 40.6. The minimum absolute atomic E-state index is 0.0253. The van der Waals surface area contributed by atoms with Crippen LogP contribution in [0.2, 0.25) is 0 Å². The van der Waals surface area contributed by atoms with Gasteiger partial charge in [0.25, 0.3) is 7.82 Å². The van der Waals surface area contributed by atoms with Gasteiger partial charge in [0.15, 0.2) is 0 Å². The lowest BCUT2D eigenvalue weighted by Gasteiger charge is -2.28. The summed E-state index contributed by atoms with van der Waals surface area (Å²) in [4.78, 5) is 25.1. The van der Waals surface area contributed by atoms with Crippen LogP contribution in [0.3, 0.4) is 0 Å². The molecule has 0 aliphatic carbocycles. The summed E-state index contributed by atoms with van der Waals surface area (Å²) in [6.07, 6.45) is 50.6. The zero-order valence-electron chi connectivity index (χ0n) is 39.7. The van der Waals surface area contributed by atoms with Crippen molar-refractivity contribution in [3.8, 4) is 0 Å². The van der Waals surface area contributed by atoms with Crippen molar-refractivity contribution in [3.05, 3.63) is 24.3 Å². The van der Waals surface area contributed by atoms with Crippen LogP contribution >= 0.6 is 7.82 Å². The number of rotatable bonds is 47. The fraction of sp³-hybridized carbons (Fsp3) is 0.900. The van der Waals surface area contributed by atoms with E-state index in [4.69, 9.17) is 18.5 Å². The first kappa shape index (κ1) is 58.0. The predicted molar refractivity (Wildman–Crippen MR) is 250 cm³/mol. The van der Waals surface area contributed by atoms with E-state index in [-0.39, 0.29) is 25.8 Å².